The first kappa shape index (κ1) is 13.9. The van der Waals surface area contributed by atoms with Gasteiger partial charge in [0.2, 0.25) is 0 Å². The second-order valence-corrected chi connectivity index (χ2v) is 4.74. The molecule has 1 amide bonds. The summed E-state index contributed by atoms with van der Waals surface area (Å²) < 4.78 is 3.94. The van der Waals surface area contributed by atoms with E-state index in [4.69, 9.17) is 5.11 Å². The number of pyridine rings is 1. The predicted octanol–water partition coefficient (Wildman–Crippen LogP) is 1.53. The number of aromatic hydroxyl groups is 1. The molecule has 0 unspecified atom stereocenters. The molecule has 2 rings (SSSR count). The van der Waals surface area contributed by atoms with Crippen molar-refractivity contribution >= 4 is 28.4 Å². The number of hydrogen-bond acceptors (Lipinski definition) is 6. The van der Waals surface area contributed by atoms with Gasteiger partial charge >= 0.3 is 5.97 Å². The Morgan fingerprint density at radius 1 is 1.40 bits per heavy atom. The summed E-state index contributed by atoms with van der Waals surface area (Å²) >= 11 is 0.906. The number of amides is 1. The van der Waals surface area contributed by atoms with Gasteiger partial charge in [0.15, 0.2) is 5.69 Å². The quantitative estimate of drug-likeness (QED) is 0.889. The number of aromatic carboxylic acids is 1. The third-order valence-electron chi connectivity index (χ3n) is 2.66. The van der Waals surface area contributed by atoms with E-state index in [9.17, 15) is 14.7 Å². The predicted molar refractivity (Wildman–Crippen MR) is 72.4 cm³/mol. The summed E-state index contributed by atoms with van der Waals surface area (Å²) in [5.74, 6) is -2.02. The summed E-state index contributed by atoms with van der Waals surface area (Å²) in [6, 6.07) is 2.83. The lowest BCUT2D eigenvalue weighted by molar-refractivity contribution is 0.0697. The Morgan fingerprint density at radius 2 is 2.10 bits per heavy atom. The van der Waals surface area contributed by atoms with Gasteiger partial charge in [0.05, 0.1) is 5.69 Å². The number of anilines is 1. The maximum absolute atomic E-state index is 12.2. The number of nitrogens with zero attached hydrogens (tertiary/aromatic N) is 3. The van der Waals surface area contributed by atoms with Crippen LogP contribution >= 0.6 is 11.5 Å². The molecule has 104 valence electrons. The van der Waals surface area contributed by atoms with Crippen LogP contribution in [0.25, 0.3) is 0 Å². The van der Waals surface area contributed by atoms with E-state index in [0.717, 1.165) is 16.4 Å². The second-order valence-electron chi connectivity index (χ2n) is 3.99. The van der Waals surface area contributed by atoms with E-state index in [1.807, 2.05) is 0 Å². The van der Waals surface area contributed by atoms with Crippen LogP contribution in [0.3, 0.4) is 0 Å². The molecule has 0 saturated heterocycles. The van der Waals surface area contributed by atoms with E-state index in [-0.39, 0.29) is 22.0 Å². The molecule has 0 aromatic carbocycles. The van der Waals surface area contributed by atoms with E-state index in [1.165, 1.54) is 25.4 Å². The summed E-state index contributed by atoms with van der Waals surface area (Å²) in [5.41, 5.74) is 0.168. The van der Waals surface area contributed by atoms with Crippen LogP contribution in [-0.4, -0.2) is 38.5 Å². The highest BCUT2D eigenvalue weighted by Crippen LogP contribution is 2.29. The van der Waals surface area contributed by atoms with E-state index in [0.29, 0.717) is 5.69 Å². The number of hydrogen-bond donors (Lipinski definition) is 2. The second kappa shape index (κ2) is 5.25. The Balaban J connectivity index is 2.42. The maximum Gasteiger partial charge on any atom is 0.340 e. The third-order valence-corrected chi connectivity index (χ3v) is 3.67. The van der Waals surface area contributed by atoms with Crippen LogP contribution in [0.4, 0.5) is 5.00 Å². The molecule has 0 bridgehead atoms. The van der Waals surface area contributed by atoms with Crippen molar-refractivity contribution in [2.24, 2.45) is 0 Å². The molecule has 2 aromatic rings. The molecule has 0 saturated carbocycles. The van der Waals surface area contributed by atoms with Crippen LogP contribution < -0.4 is 4.90 Å². The molecular weight excluding hydrogens is 282 g/mol. The first-order valence-corrected chi connectivity index (χ1v) is 6.32. The van der Waals surface area contributed by atoms with Gasteiger partial charge in [0, 0.05) is 13.2 Å². The zero-order chi connectivity index (χ0) is 14.9. The van der Waals surface area contributed by atoms with E-state index >= 15 is 0 Å². The Kier molecular flexibility index (Phi) is 3.66. The van der Waals surface area contributed by atoms with Crippen LogP contribution in [0.5, 0.6) is 5.75 Å². The van der Waals surface area contributed by atoms with Crippen LogP contribution in [-0.2, 0) is 0 Å². The van der Waals surface area contributed by atoms with Gasteiger partial charge in [-0.3, -0.25) is 9.69 Å². The molecule has 0 radical (unpaired) electrons. The number of aryl methyl sites for hydroxylation is 1. The summed E-state index contributed by atoms with van der Waals surface area (Å²) in [6.45, 7) is 1.56. The minimum atomic E-state index is -1.16. The van der Waals surface area contributed by atoms with E-state index in [1.54, 1.807) is 6.92 Å². The van der Waals surface area contributed by atoms with Crippen molar-refractivity contribution in [2.45, 2.75) is 6.92 Å². The number of carbonyl (C=O) groups excluding carboxylic acids is 1. The van der Waals surface area contributed by atoms with Crippen molar-refractivity contribution in [1.82, 2.24) is 9.36 Å². The number of carboxylic acid groups (broad SMARTS) is 1. The molecule has 2 N–H and O–H groups in total. The molecule has 7 nitrogen and oxygen atoms in total. The lowest BCUT2D eigenvalue weighted by atomic mass is 10.2. The monoisotopic (exact) mass is 293 g/mol. The minimum Gasteiger partial charge on any atom is -0.505 e. The fourth-order valence-corrected chi connectivity index (χ4v) is 2.49. The van der Waals surface area contributed by atoms with Crippen LogP contribution in [0.15, 0.2) is 18.3 Å². The highest BCUT2D eigenvalue weighted by Gasteiger charge is 2.26. The minimum absolute atomic E-state index is 0.0266. The fraction of sp³-hybridized carbons (Fsp3) is 0.167. The highest BCUT2D eigenvalue weighted by atomic mass is 32.1. The summed E-state index contributed by atoms with van der Waals surface area (Å²) in [6.07, 6.45) is 1.37. The van der Waals surface area contributed by atoms with Gasteiger partial charge < -0.3 is 10.2 Å². The lowest BCUT2D eigenvalue weighted by Crippen LogP contribution is -2.27. The number of aromatic nitrogens is 2. The van der Waals surface area contributed by atoms with Crippen LogP contribution in [0, 0.1) is 6.92 Å². The van der Waals surface area contributed by atoms with Crippen molar-refractivity contribution < 1.29 is 19.8 Å². The van der Waals surface area contributed by atoms with Gasteiger partial charge in [-0.25, -0.2) is 9.78 Å². The third kappa shape index (κ3) is 2.32. The number of carboxylic acids is 1. The van der Waals surface area contributed by atoms with Crippen LogP contribution in [0.2, 0.25) is 0 Å². The maximum atomic E-state index is 12.2. The van der Waals surface area contributed by atoms with E-state index in [2.05, 4.69) is 9.36 Å². The molecule has 20 heavy (non-hydrogen) atoms. The van der Waals surface area contributed by atoms with Crippen LogP contribution in [0.1, 0.15) is 26.5 Å². The number of carbonyl (C=O) groups is 2. The average Bonchev–Trinajstić information content (AvgIpc) is 2.79. The first-order chi connectivity index (χ1) is 9.43. The largest absolute Gasteiger partial charge is 0.505 e. The van der Waals surface area contributed by atoms with Gasteiger partial charge in [0.25, 0.3) is 5.91 Å². The Morgan fingerprint density at radius 3 is 2.70 bits per heavy atom. The van der Waals surface area contributed by atoms with Gasteiger partial charge in [-0.15, -0.1) is 0 Å². The average molecular weight is 293 g/mol. The zero-order valence-corrected chi connectivity index (χ0v) is 11.5. The summed E-state index contributed by atoms with van der Waals surface area (Å²) in [7, 11) is 1.41. The Labute approximate surface area is 118 Å². The SMILES string of the molecule is Cc1nsc(N(C)C(=O)c2ncccc2O)c1C(=O)O. The highest BCUT2D eigenvalue weighted by molar-refractivity contribution is 7.11. The molecule has 0 aliphatic heterocycles. The molecule has 0 aliphatic rings. The molecule has 0 spiro atoms. The molecule has 8 heteroatoms. The molecule has 0 aliphatic carbocycles. The number of rotatable bonds is 3. The van der Waals surface area contributed by atoms with Crippen molar-refractivity contribution in [3.63, 3.8) is 0 Å². The summed E-state index contributed by atoms with van der Waals surface area (Å²) in [5, 5.41) is 19.0. The Bertz CT molecular complexity index is 683. The standard InChI is InChI=1S/C12H11N3O4S/c1-6-8(12(18)19)11(20-14-6)15(2)10(17)9-7(16)4-3-5-13-9/h3-5,16H,1-2H3,(H,18,19). The fourth-order valence-electron chi connectivity index (χ4n) is 1.65. The van der Waals surface area contributed by atoms with Crippen molar-refractivity contribution in [3.8, 4) is 5.75 Å². The molecular formula is C12H11N3O4S. The zero-order valence-electron chi connectivity index (χ0n) is 10.7. The van der Waals surface area contributed by atoms with Gasteiger partial charge in [0.1, 0.15) is 16.3 Å². The van der Waals surface area contributed by atoms with Crippen molar-refractivity contribution in [3.05, 3.63) is 35.3 Å². The van der Waals surface area contributed by atoms with Gasteiger partial charge in [-0.2, -0.15) is 4.37 Å². The topological polar surface area (TPSA) is 104 Å². The smallest absolute Gasteiger partial charge is 0.340 e. The lowest BCUT2D eigenvalue weighted by Gasteiger charge is -2.15. The van der Waals surface area contributed by atoms with Gasteiger partial charge in [-0.1, -0.05) is 0 Å². The molecule has 0 fully saturated rings. The first-order valence-electron chi connectivity index (χ1n) is 5.55. The molecule has 0 atom stereocenters. The summed E-state index contributed by atoms with van der Waals surface area (Å²) in [4.78, 5) is 28.4. The van der Waals surface area contributed by atoms with Crippen molar-refractivity contribution in [2.75, 3.05) is 11.9 Å². The molecule has 2 aromatic heterocycles. The molecule has 2 heterocycles. The van der Waals surface area contributed by atoms with E-state index < -0.39 is 11.9 Å². The normalized spacial score (nSPS) is 10.3. The Hall–Kier alpha value is -2.48. The van der Waals surface area contributed by atoms with Gasteiger partial charge in [-0.05, 0) is 30.6 Å². The van der Waals surface area contributed by atoms with Crippen molar-refractivity contribution in [1.29, 1.82) is 0 Å².